The van der Waals surface area contributed by atoms with Gasteiger partial charge in [0, 0.05) is 31.3 Å². The lowest BCUT2D eigenvalue weighted by molar-refractivity contribution is -0.145. The summed E-state index contributed by atoms with van der Waals surface area (Å²) in [6.07, 6.45) is 6.52. The summed E-state index contributed by atoms with van der Waals surface area (Å²) in [5.41, 5.74) is -0.127. The second kappa shape index (κ2) is 6.43. The first-order chi connectivity index (χ1) is 11.5. The van der Waals surface area contributed by atoms with Crippen LogP contribution in [0.5, 0.6) is 0 Å². The van der Waals surface area contributed by atoms with Gasteiger partial charge in [0.25, 0.3) is 0 Å². The Morgan fingerprint density at radius 1 is 1.46 bits per heavy atom. The molecule has 0 aliphatic heterocycles. The van der Waals surface area contributed by atoms with Crippen molar-refractivity contribution in [2.75, 3.05) is 13.7 Å². The van der Waals surface area contributed by atoms with E-state index in [1.54, 1.807) is 13.1 Å². The molecule has 7 heteroatoms. The average molecular weight is 349 g/mol. The average Bonchev–Trinajstić information content (AvgIpc) is 3.10. The standard InChI is InChI=1S/C17H23N3O3S/c1-3-23-16-11-15(17(16)8-4-5-9-17)20(2)24(21,22)14-7-6-10-19-13(14)12-18/h6-7,10,15-16H,3-5,8-9,11H2,1-2H3/t15-,16-/m1/s1. The van der Waals surface area contributed by atoms with Gasteiger partial charge in [0.15, 0.2) is 5.69 Å². The van der Waals surface area contributed by atoms with Crippen LogP contribution in [0.2, 0.25) is 0 Å². The third-order valence-corrected chi connectivity index (χ3v) is 7.52. The summed E-state index contributed by atoms with van der Waals surface area (Å²) in [7, 11) is -2.13. The minimum atomic E-state index is -3.75. The minimum Gasteiger partial charge on any atom is -0.378 e. The van der Waals surface area contributed by atoms with Crippen molar-refractivity contribution in [3.05, 3.63) is 24.0 Å². The molecule has 2 atom stereocenters. The Bertz CT molecular complexity index is 751. The number of hydrogen-bond acceptors (Lipinski definition) is 5. The third kappa shape index (κ3) is 2.53. The van der Waals surface area contributed by atoms with E-state index in [9.17, 15) is 13.7 Å². The normalized spacial score (nSPS) is 25.6. The first-order valence-corrected chi connectivity index (χ1v) is 9.86. The van der Waals surface area contributed by atoms with Gasteiger partial charge in [-0.25, -0.2) is 13.4 Å². The van der Waals surface area contributed by atoms with Crippen LogP contribution in [0, 0.1) is 16.7 Å². The van der Waals surface area contributed by atoms with Gasteiger partial charge in [0.05, 0.1) is 6.10 Å². The molecule has 0 unspecified atom stereocenters. The molecule has 3 rings (SSSR count). The van der Waals surface area contributed by atoms with Crippen molar-refractivity contribution in [3.8, 4) is 6.07 Å². The van der Waals surface area contributed by atoms with E-state index in [1.807, 2.05) is 13.0 Å². The highest BCUT2D eigenvalue weighted by atomic mass is 32.2. The zero-order chi connectivity index (χ0) is 17.4. The van der Waals surface area contributed by atoms with Crippen LogP contribution in [-0.4, -0.2) is 43.5 Å². The maximum atomic E-state index is 13.0. The number of nitrogens with zero attached hydrogens (tertiary/aromatic N) is 3. The zero-order valence-corrected chi connectivity index (χ0v) is 14.9. The van der Waals surface area contributed by atoms with Crippen molar-refractivity contribution in [3.63, 3.8) is 0 Å². The Kier molecular flexibility index (Phi) is 4.65. The lowest BCUT2D eigenvalue weighted by Gasteiger charge is -2.56. The van der Waals surface area contributed by atoms with Crippen LogP contribution in [-0.2, 0) is 14.8 Å². The quantitative estimate of drug-likeness (QED) is 0.814. The van der Waals surface area contributed by atoms with Gasteiger partial charge in [0.1, 0.15) is 11.0 Å². The molecule has 1 aromatic rings. The number of ether oxygens (including phenoxy) is 1. The van der Waals surface area contributed by atoms with E-state index < -0.39 is 10.0 Å². The number of sulfonamides is 1. The van der Waals surface area contributed by atoms with Gasteiger partial charge in [-0.2, -0.15) is 9.57 Å². The first kappa shape index (κ1) is 17.3. The smallest absolute Gasteiger partial charge is 0.245 e. The molecule has 24 heavy (non-hydrogen) atoms. The monoisotopic (exact) mass is 349 g/mol. The largest absolute Gasteiger partial charge is 0.378 e. The Labute approximate surface area is 143 Å². The molecule has 2 saturated carbocycles. The van der Waals surface area contributed by atoms with E-state index in [0.29, 0.717) is 13.0 Å². The topological polar surface area (TPSA) is 83.3 Å². The predicted molar refractivity (Wildman–Crippen MR) is 88.6 cm³/mol. The second-order valence-electron chi connectivity index (χ2n) is 6.62. The van der Waals surface area contributed by atoms with Gasteiger partial charge < -0.3 is 4.74 Å². The van der Waals surface area contributed by atoms with Crippen molar-refractivity contribution in [1.82, 2.24) is 9.29 Å². The molecule has 0 N–H and O–H groups in total. The summed E-state index contributed by atoms with van der Waals surface area (Å²) in [6.45, 7) is 2.63. The lowest BCUT2D eigenvalue weighted by atomic mass is 9.60. The molecule has 2 aliphatic carbocycles. The fourth-order valence-electron chi connectivity index (χ4n) is 4.37. The Morgan fingerprint density at radius 2 is 2.17 bits per heavy atom. The number of aromatic nitrogens is 1. The molecule has 130 valence electrons. The van der Waals surface area contributed by atoms with Gasteiger partial charge in [-0.3, -0.25) is 0 Å². The molecule has 1 heterocycles. The molecule has 1 spiro atoms. The van der Waals surface area contributed by atoms with Crippen molar-refractivity contribution < 1.29 is 13.2 Å². The lowest BCUT2D eigenvalue weighted by Crippen LogP contribution is -2.63. The van der Waals surface area contributed by atoms with E-state index >= 15 is 0 Å². The Balaban J connectivity index is 1.91. The molecule has 0 bridgehead atoms. The first-order valence-electron chi connectivity index (χ1n) is 8.42. The molecular formula is C17H23N3O3S. The highest BCUT2D eigenvalue weighted by Gasteiger charge is 2.59. The number of hydrogen-bond donors (Lipinski definition) is 0. The molecular weight excluding hydrogens is 326 g/mol. The molecule has 2 aliphatic rings. The maximum Gasteiger partial charge on any atom is 0.245 e. The maximum absolute atomic E-state index is 13.0. The third-order valence-electron chi connectivity index (χ3n) is 5.62. The minimum absolute atomic E-state index is 0.0111. The van der Waals surface area contributed by atoms with Crippen LogP contribution >= 0.6 is 0 Å². The van der Waals surface area contributed by atoms with E-state index in [2.05, 4.69) is 4.98 Å². The highest BCUT2D eigenvalue weighted by Crippen LogP contribution is 2.57. The second-order valence-corrected chi connectivity index (χ2v) is 8.58. The molecule has 0 radical (unpaired) electrons. The summed E-state index contributed by atoms with van der Waals surface area (Å²) < 4.78 is 33.4. The number of pyridine rings is 1. The predicted octanol–water partition coefficient (Wildman–Crippen LogP) is 2.31. The molecule has 0 aromatic carbocycles. The van der Waals surface area contributed by atoms with Crippen molar-refractivity contribution in [2.45, 2.75) is 56.1 Å². The summed E-state index contributed by atoms with van der Waals surface area (Å²) in [5, 5.41) is 9.17. The van der Waals surface area contributed by atoms with Crippen LogP contribution in [0.25, 0.3) is 0 Å². The van der Waals surface area contributed by atoms with E-state index in [-0.39, 0.29) is 28.2 Å². The summed E-state index contributed by atoms with van der Waals surface area (Å²) >= 11 is 0. The molecule has 0 saturated heterocycles. The van der Waals surface area contributed by atoms with Gasteiger partial charge in [-0.15, -0.1) is 0 Å². The Morgan fingerprint density at radius 3 is 2.79 bits per heavy atom. The zero-order valence-electron chi connectivity index (χ0n) is 14.1. The summed E-state index contributed by atoms with van der Waals surface area (Å²) in [6, 6.07) is 4.81. The highest BCUT2D eigenvalue weighted by molar-refractivity contribution is 7.89. The van der Waals surface area contributed by atoms with E-state index in [0.717, 1.165) is 25.7 Å². The number of nitriles is 1. The van der Waals surface area contributed by atoms with Crippen LogP contribution in [0.3, 0.4) is 0 Å². The van der Waals surface area contributed by atoms with Gasteiger partial charge >= 0.3 is 0 Å². The molecule has 6 nitrogen and oxygen atoms in total. The van der Waals surface area contributed by atoms with Crippen LogP contribution in [0.15, 0.2) is 23.2 Å². The SMILES string of the molecule is CCO[C@@H]1C[C@@H](N(C)S(=O)(=O)c2cccnc2C#N)C12CCCC2. The van der Waals surface area contributed by atoms with E-state index in [4.69, 9.17) is 4.74 Å². The summed E-state index contributed by atoms with van der Waals surface area (Å²) in [4.78, 5) is 3.88. The van der Waals surface area contributed by atoms with Crippen molar-refractivity contribution in [2.24, 2.45) is 5.41 Å². The van der Waals surface area contributed by atoms with Crippen LogP contribution in [0.1, 0.15) is 44.7 Å². The van der Waals surface area contributed by atoms with Crippen LogP contribution < -0.4 is 0 Å². The molecule has 1 aromatic heterocycles. The molecule has 0 amide bonds. The fraction of sp³-hybridized carbons (Fsp3) is 0.647. The van der Waals surface area contributed by atoms with Gasteiger partial charge in [0.2, 0.25) is 10.0 Å². The van der Waals surface area contributed by atoms with Crippen molar-refractivity contribution >= 4 is 10.0 Å². The molecule has 2 fully saturated rings. The van der Waals surface area contributed by atoms with Crippen LogP contribution in [0.4, 0.5) is 0 Å². The summed E-state index contributed by atoms with van der Waals surface area (Å²) in [5.74, 6) is 0. The number of rotatable bonds is 5. The van der Waals surface area contributed by atoms with Gasteiger partial charge in [-0.1, -0.05) is 12.8 Å². The van der Waals surface area contributed by atoms with Crippen molar-refractivity contribution in [1.29, 1.82) is 5.26 Å². The fourth-order valence-corrected chi connectivity index (χ4v) is 5.90. The Hall–Kier alpha value is -1.49. The van der Waals surface area contributed by atoms with E-state index in [1.165, 1.54) is 16.6 Å². The van der Waals surface area contributed by atoms with Gasteiger partial charge in [-0.05, 0) is 38.3 Å².